The van der Waals surface area contributed by atoms with Crippen LogP contribution in [0.3, 0.4) is 0 Å². The second-order valence-electron chi connectivity index (χ2n) is 7.09. The number of nitrogens with two attached hydrogens (primary N) is 1. The van der Waals surface area contributed by atoms with Crippen LogP contribution < -0.4 is 10.5 Å². The first-order valence-electron chi connectivity index (χ1n) is 10.2. The molecule has 0 spiro atoms. The maximum Gasteiger partial charge on any atom is 0.352 e. The van der Waals surface area contributed by atoms with Crippen molar-refractivity contribution in [3.63, 3.8) is 0 Å². The van der Waals surface area contributed by atoms with Crippen molar-refractivity contribution in [3.8, 4) is 27.6 Å². The Morgan fingerprint density at radius 3 is 2.55 bits per heavy atom. The van der Waals surface area contributed by atoms with E-state index in [1.807, 2.05) is 66.0 Å². The van der Waals surface area contributed by atoms with Crippen molar-refractivity contribution in [1.29, 1.82) is 0 Å². The molecule has 0 aliphatic carbocycles. The summed E-state index contributed by atoms with van der Waals surface area (Å²) < 4.78 is 12.4. The molecule has 33 heavy (non-hydrogen) atoms. The van der Waals surface area contributed by atoms with Gasteiger partial charge in [-0.05, 0) is 29.6 Å². The molecular formula is C26H21BrN2O3S. The summed E-state index contributed by atoms with van der Waals surface area (Å²) in [6.45, 7) is 3.68. The lowest BCUT2D eigenvalue weighted by Crippen LogP contribution is -2.22. The van der Waals surface area contributed by atoms with Gasteiger partial charge in [-0.1, -0.05) is 77.1 Å². The van der Waals surface area contributed by atoms with Crippen LogP contribution in [-0.2, 0) is 9.53 Å². The Labute approximate surface area is 204 Å². The Bertz CT molecular complexity index is 1240. The van der Waals surface area contributed by atoms with Crippen LogP contribution in [-0.4, -0.2) is 17.6 Å². The van der Waals surface area contributed by atoms with Gasteiger partial charge >= 0.3 is 5.97 Å². The summed E-state index contributed by atoms with van der Waals surface area (Å²) in [5, 5.41) is 1.98. The zero-order valence-corrected chi connectivity index (χ0v) is 20.0. The maximum atomic E-state index is 12.9. The van der Waals surface area contributed by atoms with E-state index in [1.165, 1.54) is 6.08 Å². The second-order valence-corrected chi connectivity index (χ2v) is 8.95. The predicted octanol–water partition coefficient (Wildman–Crippen LogP) is 6.67. The number of carbonyl (C=O) groups excluding carboxylic acids is 1. The van der Waals surface area contributed by atoms with Crippen molar-refractivity contribution in [2.75, 3.05) is 12.3 Å². The van der Waals surface area contributed by atoms with E-state index in [4.69, 9.17) is 15.2 Å². The monoisotopic (exact) mass is 520 g/mol. The number of pyridine rings is 1. The van der Waals surface area contributed by atoms with Gasteiger partial charge in [0, 0.05) is 26.0 Å². The molecule has 0 aliphatic heterocycles. The molecule has 4 aromatic rings. The first-order valence-corrected chi connectivity index (χ1v) is 11.8. The van der Waals surface area contributed by atoms with E-state index in [9.17, 15) is 4.79 Å². The van der Waals surface area contributed by atoms with Crippen molar-refractivity contribution in [2.45, 2.75) is 6.10 Å². The summed E-state index contributed by atoms with van der Waals surface area (Å²) in [7, 11) is 0. The van der Waals surface area contributed by atoms with Crippen molar-refractivity contribution in [3.05, 3.63) is 101 Å². The summed E-state index contributed by atoms with van der Waals surface area (Å²) in [6.07, 6.45) is 0.479. The van der Waals surface area contributed by atoms with Crippen LogP contribution in [0.15, 0.2) is 95.3 Å². The van der Waals surface area contributed by atoms with E-state index in [-0.39, 0.29) is 12.5 Å². The van der Waals surface area contributed by atoms with Crippen molar-refractivity contribution in [2.24, 2.45) is 0 Å². The van der Waals surface area contributed by atoms with Crippen LogP contribution in [0.25, 0.3) is 21.7 Å². The number of esters is 1. The quantitative estimate of drug-likeness (QED) is 0.207. The number of carbonyl (C=O) groups is 1. The Morgan fingerprint density at radius 1 is 1.12 bits per heavy atom. The van der Waals surface area contributed by atoms with E-state index < -0.39 is 12.1 Å². The van der Waals surface area contributed by atoms with Gasteiger partial charge in [0.2, 0.25) is 12.0 Å². The number of rotatable bonds is 8. The number of halogens is 1. The largest absolute Gasteiger partial charge is 0.458 e. The lowest BCUT2D eigenvalue weighted by molar-refractivity contribution is -0.151. The Kier molecular flexibility index (Phi) is 7.22. The Morgan fingerprint density at radius 2 is 1.88 bits per heavy atom. The second kappa shape index (κ2) is 10.5. The number of nitrogens with zero attached hydrogens (tertiary/aromatic N) is 1. The highest BCUT2D eigenvalue weighted by Gasteiger charge is 2.27. The van der Waals surface area contributed by atoms with Gasteiger partial charge in [-0.15, -0.1) is 11.3 Å². The highest BCUT2D eigenvalue weighted by atomic mass is 79.9. The van der Waals surface area contributed by atoms with E-state index in [1.54, 1.807) is 23.5 Å². The van der Waals surface area contributed by atoms with Gasteiger partial charge in [0.05, 0.1) is 5.69 Å². The van der Waals surface area contributed by atoms with Crippen molar-refractivity contribution < 1.29 is 14.3 Å². The van der Waals surface area contributed by atoms with E-state index >= 15 is 0 Å². The fourth-order valence-corrected chi connectivity index (χ4v) is 4.26. The number of aromatic nitrogens is 1. The topological polar surface area (TPSA) is 74.4 Å². The fraction of sp³-hybridized carbons (Fsp3) is 0.0769. The smallest absolute Gasteiger partial charge is 0.352 e. The molecule has 5 nitrogen and oxygen atoms in total. The standard InChI is InChI=1S/C26H21BrN2O3S/c1-2-14-31-26(30)24(18-7-4-3-5-8-18)32-25-23(28)20(22-9-6-15-33-22)16-21(29-25)17-10-12-19(27)13-11-17/h2-13,15-16,24H,1,14,28H2. The third-order valence-electron chi connectivity index (χ3n) is 4.84. The number of hydrogen-bond acceptors (Lipinski definition) is 6. The van der Waals surface area contributed by atoms with Crippen LogP contribution in [0.1, 0.15) is 11.7 Å². The van der Waals surface area contributed by atoms with Crippen LogP contribution in [0.2, 0.25) is 0 Å². The summed E-state index contributed by atoms with van der Waals surface area (Å²) >= 11 is 5.03. The molecule has 1 unspecified atom stereocenters. The molecule has 1 atom stereocenters. The average Bonchev–Trinajstić information content (AvgIpc) is 3.38. The number of nitrogen functional groups attached to an aromatic ring is 1. The number of ether oxygens (including phenoxy) is 2. The fourth-order valence-electron chi connectivity index (χ4n) is 3.23. The molecular weight excluding hydrogens is 500 g/mol. The van der Waals surface area contributed by atoms with Gasteiger partial charge in [-0.2, -0.15) is 0 Å². The molecule has 2 aromatic heterocycles. The summed E-state index contributed by atoms with van der Waals surface area (Å²) in [5.74, 6) is -0.378. The molecule has 4 rings (SSSR count). The minimum atomic E-state index is -1.03. The third-order valence-corrected chi connectivity index (χ3v) is 6.27. The van der Waals surface area contributed by atoms with Crippen LogP contribution in [0.4, 0.5) is 5.69 Å². The average molecular weight is 521 g/mol. The molecule has 0 aliphatic rings. The van der Waals surface area contributed by atoms with Crippen LogP contribution in [0, 0.1) is 0 Å². The molecule has 7 heteroatoms. The molecule has 2 heterocycles. The number of hydrogen-bond donors (Lipinski definition) is 1. The zero-order chi connectivity index (χ0) is 23.2. The highest BCUT2D eigenvalue weighted by Crippen LogP contribution is 2.39. The molecule has 166 valence electrons. The van der Waals surface area contributed by atoms with E-state index in [2.05, 4.69) is 27.5 Å². The number of thiophene rings is 1. The van der Waals surface area contributed by atoms with Gasteiger partial charge < -0.3 is 15.2 Å². The molecule has 0 fully saturated rings. The third kappa shape index (κ3) is 5.32. The normalized spacial score (nSPS) is 11.5. The minimum Gasteiger partial charge on any atom is -0.458 e. The lowest BCUT2D eigenvalue weighted by atomic mass is 10.1. The van der Waals surface area contributed by atoms with Gasteiger partial charge in [0.25, 0.3) is 0 Å². The molecule has 0 bridgehead atoms. The van der Waals surface area contributed by atoms with Gasteiger partial charge in [0.1, 0.15) is 12.3 Å². The zero-order valence-electron chi connectivity index (χ0n) is 17.6. The van der Waals surface area contributed by atoms with Crippen molar-refractivity contribution >= 4 is 38.9 Å². The first-order chi connectivity index (χ1) is 16.1. The summed E-state index contributed by atoms with van der Waals surface area (Å²) in [5.41, 5.74) is 9.88. The predicted molar refractivity (Wildman–Crippen MR) is 136 cm³/mol. The van der Waals surface area contributed by atoms with Gasteiger partial charge in [-0.25, -0.2) is 9.78 Å². The SMILES string of the molecule is C=CCOC(=O)C(Oc1nc(-c2ccc(Br)cc2)cc(-c2cccs2)c1N)c1ccccc1. The lowest BCUT2D eigenvalue weighted by Gasteiger charge is -2.20. The van der Waals surface area contributed by atoms with Gasteiger partial charge in [-0.3, -0.25) is 0 Å². The summed E-state index contributed by atoms with van der Waals surface area (Å²) in [6, 6.07) is 22.8. The van der Waals surface area contributed by atoms with E-state index in [0.717, 1.165) is 20.5 Å². The number of benzene rings is 2. The molecule has 0 radical (unpaired) electrons. The van der Waals surface area contributed by atoms with Crippen LogP contribution in [0.5, 0.6) is 5.88 Å². The van der Waals surface area contributed by atoms with E-state index in [0.29, 0.717) is 16.9 Å². The molecule has 0 amide bonds. The number of anilines is 1. The minimum absolute atomic E-state index is 0.0772. The molecule has 0 saturated carbocycles. The highest BCUT2D eigenvalue weighted by molar-refractivity contribution is 9.10. The Balaban J connectivity index is 1.81. The summed E-state index contributed by atoms with van der Waals surface area (Å²) in [4.78, 5) is 18.5. The molecule has 0 saturated heterocycles. The van der Waals surface area contributed by atoms with Crippen LogP contribution >= 0.6 is 27.3 Å². The first kappa shape index (κ1) is 22.8. The Hall–Kier alpha value is -3.42. The molecule has 2 N–H and O–H groups in total. The maximum absolute atomic E-state index is 12.9. The van der Waals surface area contributed by atoms with Crippen molar-refractivity contribution in [1.82, 2.24) is 4.98 Å². The van der Waals surface area contributed by atoms with Gasteiger partial charge in [0.15, 0.2) is 0 Å². The molecule has 2 aromatic carbocycles.